The molecule has 1 aromatic carbocycles. The average molecular weight is 274 g/mol. The van der Waals surface area contributed by atoms with Crippen molar-refractivity contribution >= 4 is 0 Å². The van der Waals surface area contributed by atoms with Crippen LogP contribution in [0.3, 0.4) is 0 Å². The van der Waals surface area contributed by atoms with Crippen LogP contribution in [0, 0.1) is 0 Å². The van der Waals surface area contributed by atoms with Gasteiger partial charge in [0.2, 0.25) is 0 Å². The molecule has 1 saturated heterocycles. The largest absolute Gasteiger partial charge is 0.380 e. The van der Waals surface area contributed by atoms with Crippen LogP contribution in [0.15, 0.2) is 24.3 Å². The van der Waals surface area contributed by atoms with Gasteiger partial charge in [0.05, 0.1) is 11.6 Å². The molecule has 3 heteroatoms. The van der Waals surface area contributed by atoms with Crippen LogP contribution in [0.25, 0.3) is 0 Å². The van der Waals surface area contributed by atoms with Gasteiger partial charge in [-0.15, -0.1) is 0 Å². The summed E-state index contributed by atoms with van der Waals surface area (Å²) >= 11 is 0. The molecule has 1 fully saturated rings. The van der Waals surface area contributed by atoms with Crippen LogP contribution in [0.4, 0.5) is 0 Å². The van der Waals surface area contributed by atoms with Crippen LogP contribution in [-0.2, 0) is 16.7 Å². The van der Waals surface area contributed by atoms with Gasteiger partial charge >= 0.3 is 0 Å². The summed E-state index contributed by atoms with van der Waals surface area (Å²) in [4.78, 5) is 2.60. The highest BCUT2D eigenvalue weighted by Crippen LogP contribution is 2.40. The Labute approximate surface area is 122 Å². The molecule has 0 bridgehead atoms. The van der Waals surface area contributed by atoms with Gasteiger partial charge in [-0.1, -0.05) is 24.3 Å². The zero-order valence-electron chi connectivity index (χ0n) is 12.5. The molecule has 1 heterocycles. The first-order chi connectivity index (χ1) is 9.80. The van der Waals surface area contributed by atoms with Crippen LogP contribution in [-0.4, -0.2) is 37.7 Å². The molecule has 2 N–H and O–H groups in total. The molecule has 20 heavy (non-hydrogen) atoms. The number of hydrogen-bond donors (Lipinski definition) is 1. The Hall–Kier alpha value is -0.900. The number of ether oxygens (including phenoxy) is 1. The monoisotopic (exact) mass is 274 g/mol. The van der Waals surface area contributed by atoms with Crippen molar-refractivity contribution < 1.29 is 4.74 Å². The van der Waals surface area contributed by atoms with Crippen LogP contribution in [0.5, 0.6) is 0 Å². The van der Waals surface area contributed by atoms with Gasteiger partial charge in [0.25, 0.3) is 0 Å². The Morgan fingerprint density at radius 1 is 1.35 bits per heavy atom. The number of hydrogen-bond acceptors (Lipinski definition) is 3. The molecule has 110 valence electrons. The second-order valence-electron chi connectivity index (χ2n) is 6.19. The molecule has 0 saturated carbocycles. The van der Waals surface area contributed by atoms with Crippen LogP contribution in [0.2, 0.25) is 0 Å². The van der Waals surface area contributed by atoms with E-state index in [-0.39, 0.29) is 5.54 Å². The van der Waals surface area contributed by atoms with Crippen molar-refractivity contribution in [3.63, 3.8) is 0 Å². The molecule has 0 spiro atoms. The summed E-state index contributed by atoms with van der Waals surface area (Å²) in [6.07, 6.45) is 6.36. The molecule has 2 atom stereocenters. The van der Waals surface area contributed by atoms with Crippen molar-refractivity contribution in [2.24, 2.45) is 5.73 Å². The minimum absolute atomic E-state index is 0.0338. The quantitative estimate of drug-likeness (QED) is 0.919. The third kappa shape index (κ3) is 2.28. The van der Waals surface area contributed by atoms with E-state index in [1.165, 1.54) is 43.2 Å². The van der Waals surface area contributed by atoms with Crippen molar-refractivity contribution in [1.29, 1.82) is 0 Å². The fraction of sp³-hybridized carbons (Fsp3) is 0.647. The molecule has 0 aromatic heterocycles. The Kier molecular flexibility index (Phi) is 4.11. The van der Waals surface area contributed by atoms with Crippen molar-refractivity contribution in [2.75, 3.05) is 26.7 Å². The number of rotatable bonds is 3. The van der Waals surface area contributed by atoms with Gasteiger partial charge in [-0.25, -0.2) is 0 Å². The van der Waals surface area contributed by atoms with Gasteiger partial charge in [0.15, 0.2) is 0 Å². The van der Waals surface area contributed by atoms with Gasteiger partial charge in [-0.2, -0.15) is 0 Å². The van der Waals surface area contributed by atoms with E-state index in [0.717, 1.165) is 13.1 Å². The van der Waals surface area contributed by atoms with Crippen molar-refractivity contribution in [2.45, 2.75) is 43.7 Å². The fourth-order valence-electron chi connectivity index (χ4n) is 4.09. The highest BCUT2D eigenvalue weighted by molar-refractivity contribution is 5.37. The molecule has 0 radical (unpaired) electrons. The zero-order valence-corrected chi connectivity index (χ0v) is 12.5. The van der Waals surface area contributed by atoms with E-state index in [4.69, 9.17) is 10.5 Å². The summed E-state index contributed by atoms with van der Waals surface area (Å²) in [5.74, 6) is 0. The molecule has 3 nitrogen and oxygen atoms in total. The van der Waals surface area contributed by atoms with Gasteiger partial charge < -0.3 is 10.5 Å². The van der Waals surface area contributed by atoms with E-state index in [9.17, 15) is 0 Å². The summed E-state index contributed by atoms with van der Waals surface area (Å²) in [7, 11) is 1.83. The van der Waals surface area contributed by atoms with E-state index in [2.05, 4.69) is 29.2 Å². The van der Waals surface area contributed by atoms with Gasteiger partial charge in [0.1, 0.15) is 0 Å². The highest BCUT2D eigenvalue weighted by atomic mass is 16.5. The van der Waals surface area contributed by atoms with Crippen molar-refractivity contribution in [3.8, 4) is 0 Å². The van der Waals surface area contributed by atoms with Crippen LogP contribution >= 0.6 is 0 Å². The minimum Gasteiger partial charge on any atom is -0.380 e. The Morgan fingerprint density at radius 2 is 2.20 bits per heavy atom. The maximum Gasteiger partial charge on any atom is 0.0699 e. The summed E-state index contributed by atoms with van der Waals surface area (Å²) in [5, 5.41) is 0. The minimum atomic E-state index is 0.0338. The van der Waals surface area contributed by atoms with Gasteiger partial charge in [-0.3, -0.25) is 4.90 Å². The number of likely N-dealkylation sites (tertiary alicyclic amines) is 1. The topological polar surface area (TPSA) is 38.5 Å². The molecule has 1 aliphatic heterocycles. The van der Waals surface area contributed by atoms with Gasteiger partial charge in [0, 0.05) is 20.2 Å². The lowest BCUT2D eigenvalue weighted by atomic mass is 9.74. The zero-order chi connectivity index (χ0) is 14.0. The second-order valence-corrected chi connectivity index (χ2v) is 6.19. The number of aryl methyl sites for hydroxylation is 1. The molecule has 0 amide bonds. The van der Waals surface area contributed by atoms with E-state index >= 15 is 0 Å². The molecular weight excluding hydrogens is 248 g/mol. The maximum absolute atomic E-state index is 6.29. The highest BCUT2D eigenvalue weighted by Gasteiger charge is 2.42. The number of methoxy groups -OCH3 is 1. The summed E-state index contributed by atoms with van der Waals surface area (Å²) < 4.78 is 5.61. The third-order valence-electron chi connectivity index (χ3n) is 5.21. The smallest absolute Gasteiger partial charge is 0.0699 e. The summed E-state index contributed by atoms with van der Waals surface area (Å²) in [5.41, 5.74) is 9.28. The molecule has 2 aliphatic rings. The van der Waals surface area contributed by atoms with E-state index in [1.807, 2.05) is 7.11 Å². The van der Waals surface area contributed by atoms with E-state index in [0.29, 0.717) is 12.6 Å². The number of piperidine rings is 1. The Balaban J connectivity index is 1.95. The van der Waals surface area contributed by atoms with E-state index in [1.54, 1.807) is 0 Å². The lowest BCUT2D eigenvalue weighted by Crippen LogP contribution is -2.57. The van der Waals surface area contributed by atoms with Crippen molar-refractivity contribution in [1.82, 2.24) is 4.90 Å². The Bertz CT molecular complexity index is 462. The first-order valence-corrected chi connectivity index (χ1v) is 7.86. The summed E-state index contributed by atoms with van der Waals surface area (Å²) in [6.45, 7) is 2.87. The number of fused-ring (bicyclic) bond motifs is 1. The molecule has 3 rings (SSSR count). The lowest BCUT2D eigenvalue weighted by Gasteiger charge is -2.50. The molecular formula is C17H26N2O. The predicted octanol–water partition coefficient (Wildman–Crippen LogP) is 2.29. The predicted molar refractivity (Wildman–Crippen MR) is 81.7 cm³/mol. The summed E-state index contributed by atoms with van der Waals surface area (Å²) in [6, 6.07) is 8.88. The maximum atomic E-state index is 6.29. The number of nitrogens with two attached hydrogens (primary N) is 1. The number of benzene rings is 1. The molecule has 1 aliphatic carbocycles. The number of nitrogens with zero attached hydrogens (tertiary/aromatic N) is 1. The van der Waals surface area contributed by atoms with Gasteiger partial charge in [-0.05, 0) is 49.8 Å². The molecule has 2 unspecified atom stereocenters. The normalized spacial score (nSPS) is 31.0. The van der Waals surface area contributed by atoms with Crippen molar-refractivity contribution in [3.05, 3.63) is 35.4 Å². The van der Waals surface area contributed by atoms with Crippen LogP contribution < -0.4 is 5.73 Å². The average Bonchev–Trinajstić information content (AvgIpc) is 2.54. The standard InChI is InChI=1S/C17H26N2O/c1-20-15-8-5-11-19(12-15)17(13-18)10-4-7-14-6-2-3-9-16(14)17/h2-3,6,9,15H,4-5,7-8,10-13,18H2,1H3. The SMILES string of the molecule is COC1CCCN(C2(CN)CCCc3ccccc32)C1. The molecule has 1 aromatic rings. The Morgan fingerprint density at radius 3 is 3.00 bits per heavy atom. The first-order valence-electron chi connectivity index (χ1n) is 7.86. The first kappa shape index (κ1) is 14.1. The lowest BCUT2D eigenvalue weighted by molar-refractivity contribution is -0.0256. The fourth-order valence-corrected chi connectivity index (χ4v) is 4.09. The van der Waals surface area contributed by atoms with E-state index < -0.39 is 0 Å². The second kappa shape index (κ2) is 5.84. The third-order valence-corrected chi connectivity index (χ3v) is 5.21. The van der Waals surface area contributed by atoms with Crippen LogP contribution in [0.1, 0.15) is 36.8 Å².